The van der Waals surface area contributed by atoms with Gasteiger partial charge < -0.3 is 9.47 Å². The van der Waals surface area contributed by atoms with Gasteiger partial charge in [-0.15, -0.1) is 0 Å². The van der Waals surface area contributed by atoms with E-state index in [4.69, 9.17) is 9.47 Å². The summed E-state index contributed by atoms with van der Waals surface area (Å²) in [6.45, 7) is 2.17. The minimum atomic E-state index is -1.20. The van der Waals surface area contributed by atoms with Gasteiger partial charge in [-0.1, -0.05) is 12.1 Å². The van der Waals surface area contributed by atoms with Crippen LogP contribution >= 0.6 is 0 Å². The molecule has 2 aromatic heterocycles. The van der Waals surface area contributed by atoms with Crippen LogP contribution in [0, 0.1) is 28.7 Å². The van der Waals surface area contributed by atoms with E-state index >= 15 is 0 Å². The highest BCUT2D eigenvalue weighted by atomic mass is 19.1. The van der Waals surface area contributed by atoms with Crippen molar-refractivity contribution in [2.24, 2.45) is 0 Å². The maximum absolute atomic E-state index is 14.3. The Morgan fingerprint density at radius 2 is 1.84 bits per heavy atom. The Morgan fingerprint density at radius 3 is 2.52 bits per heavy atom. The highest BCUT2D eigenvalue weighted by molar-refractivity contribution is 5.85. The Hall–Kier alpha value is -4.08. The number of aryl methyl sites for hydroxylation is 1. The van der Waals surface area contributed by atoms with Crippen molar-refractivity contribution in [3.8, 4) is 17.2 Å². The van der Waals surface area contributed by atoms with Gasteiger partial charge in [-0.3, -0.25) is 10.1 Å². The molecular formula is C21H16F2N4O4. The number of hydrogen-bond donors (Lipinski definition) is 0. The molecule has 4 aromatic rings. The first kappa shape index (κ1) is 20.2. The van der Waals surface area contributed by atoms with Gasteiger partial charge in [0.1, 0.15) is 11.5 Å². The van der Waals surface area contributed by atoms with Crippen LogP contribution < -0.4 is 9.47 Å². The number of fused-ring (bicyclic) bond motifs is 1. The van der Waals surface area contributed by atoms with Crippen LogP contribution in [0.5, 0.6) is 17.2 Å². The Morgan fingerprint density at radius 1 is 1.10 bits per heavy atom. The molecule has 0 atom stereocenters. The second-order valence-electron chi connectivity index (χ2n) is 6.69. The van der Waals surface area contributed by atoms with Crippen molar-refractivity contribution in [1.29, 1.82) is 0 Å². The molecule has 0 saturated carbocycles. The molecule has 8 nitrogen and oxygen atoms in total. The molecule has 0 N–H and O–H groups in total. The minimum absolute atomic E-state index is 0.204. The Bertz CT molecular complexity index is 1290. The molecule has 0 unspecified atom stereocenters. The molecule has 2 heterocycles. The molecule has 0 saturated heterocycles. The van der Waals surface area contributed by atoms with Crippen molar-refractivity contribution in [3.63, 3.8) is 0 Å². The van der Waals surface area contributed by atoms with Gasteiger partial charge in [0.15, 0.2) is 17.2 Å². The number of nitro groups is 1. The quantitative estimate of drug-likeness (QED) is 0.326. The first-order valence-electron chi connectivity index (χ1n) is 9.13. The number of pyridine rings is 1. The van der Waals surface area contributed by atoms with Crippen molar-refractivity contribution < 1.29 is 23.2 Å². The Kier molecular flexibility index (Phi) is 5.20. The van der Waals surface area contributed by atoms with Gasteiger partial charge >= 0.3 is 5.69 Å². The summed E-state index contributed by atoms with van der Waals surface area (Å²) in [7, 11) is 1.59. The number of hydrogen-bond acceptors (Lipinski definition) is 6. The highest BCUT2D eigenvalue weighted by Gasteiger charge is 2.21. The third kappa shape index (κ3) is 3.87. The minimum Gasteiger partial charge on any atom is -0.497 e. The summed E-state index contributed by atoms with van der Waals surface area (Å²) >= 11 is 0. The van der Waals surface area contributed by atoms with Crippen LogP contribution in [0.3, 0.4) is 0 Å². The van der Waals surface area contributed by atoms with Crippen LogP contribution in [0.1, 0.15) is 11.3 Å². The van der Waals surface area contributed by atoms with Crippen LogP contribution in [-0.2, 0) is 6.54 Å². The summed E-state index contributed by atoms with van der Waals surface area (Å²) in [5, 5.41) is 15.8. The topological polar surface area (TPSA) is 92.3 Å². The lowest BCUT2D eigenvalue weighted by Gasteiger charge is -2.09. The van der Waals surface area contributed by atoms with Crippen molar-refractivity contribution in [1.82, 2.24) is 14.8 Å². The molecule has 0 aliphatic rings. The summed E-state index contributed by atoms with van der Waals surface area (Å²) in [5.41, 5.74) is 1.07. The molecule has 0 amide bonds. The van der Waals surface area contributed by atoms with Gasteiger partial charge in [-0.25, -0.2) is 14.1 Å². The van der Waals surface area contributed by atoms with Crippen LogP contribution in [0.25, 0.3) is 11.0 Å². The van der Waals surface area contributed by atoms with Crippen molar-refractivity contribution >= 4 is 16.7 Å². The number of nitro benzene ring substituents is 1. The van der Waals surface area contributed by atoms with E-state index in [1.54, 1.807) is 18.7 Å². The number of nitrogens with zero attached hydrogens (tertiary/aromatic N) is 4. The van der Waals surface area contributed by atoms with Crippen LogP contribution in [-0.4, -0.2) is 26.8 Å². The fourth-order valence-electron chi connectivity index (χ4n) is 3.20. The van der Waals surface area contributed by atoms with Crippen LogP contribution in [0.4, 0.5) is 14.5 Å². The van der Waals surface area contributed by atoms with E-state index in [9.17, 15) is 18.9 Å². The van der Waals surface area contributed by atoms with Gasteiger partial charge in [-0.05, 0) is 30.7 Å². The molecule has 0 bridgehead atoms. The molecule has 0 aliphatic carbocycles. The van der Waals surface area contributed by atoms with Gasteiger partial charge in [-0.2, -0.15) is 9.49 Å². The average Bonchev–Trinajstić information content (AvgIpc) is 3.07. The number of ether oxygens (including phenoxy) is 2. The summed E-state index contributed by atoms with van der Waals surface area (Å²) < 4.78 is 40.6. The van der Waals surface area contributed by atoms with E-state index in [0.717, 1.165) is 11.3 Å². The van der Waals surface area contributed by atoms with Crippen molar-refractivity contribution in [2.75, 3.05) is 7.11 Å². The highest BCUT2D eigenvalue weighted by Crippen LogP contribution is 2.34. The normalized spacial score (nSPS) is 11.0. The third-order valence-electron chi connectivity index (χ3n) is 4.68. The number of halogens is 2. The van der Waals surface area contributed by atoms with E-state index in [2.05, 4.69) is 10.1 Å². The zero-order valence-corrected chi connectivity index (χ0v) is 16.5. The monoisotopic (exact) mass is 426 g/mol. The second-order valence-corrected chi connectivity index (χ2v) is 6.69. The Labute approximate surface area is 174 Å². The standard InChI is InChI=1S/C21H16F2N4O4/c1-12-20-18(31-19-10-15(22)17(27(28)29)9-16(19)23)7-8-24-21(20)26(25-12)11-13-3-5-14(30-2)6-4-13/h3-10H,11H2,1-2H3. The number of benzene rings is 2. The molecule has 158 valence electrons. The van der Waals surface area contributed by atoms with Gasteiger partial charge in [0, 0.05) is 12.3 Å². The first-order valence-corrected chi connectivity index (χ1v) is 9.13. The molecular weight excluding hydrogens is 410 g/mol. The molecule has 0 radical (unpaired) electrons. The zero-order chi connectivity index (χ0) is 22.1. The summed E-state index contributed by atoms with van der Waals surface area (Å²) in [4.78, 5) is 14.1. The summed E-state index contributed by atoms with van der Waals surface area (Å²) in [5.74, 6) is -1.79. The van der Waals surface area contributed by atoms with E-state index in [0.29, 0.717) is 35.4 Å². The fourth-order valence-corrected chi connectivity index (χ4v) is 3.20. The molecule has 0 aliphatic heterocycles. The van der Waals surface area contributed by atoms with Crippen molar-refractivity contribution in [2.45, 2.75) is 13.5 Å². The maximum atomic E-state index is 14.3. The molecule has 10 heteroatoms. The van der Waals surface area contributed by atoms with E-state index < -0.39 is 28.0 Å². The zero-order valence-electron chi connectivity index (χ0n) is 16.5. The molecule has 4 rings (SSSR count). The lowest BCUT2D eigenvalue weighted by Crippen LogP contribution is -2.03. The lowest BCUT2D eigenvalue weighted by molar-refractivity contribution is -0.387. The van der Waals surface area contributed by atoms with Crippen LogP contribution in [0.15, 0.2) is 48.7 Å². The third-order valence-corrected chi connectivity index (χ3v) is 4.68. The molecule has 0 fully saturated rings. The van der Waals surface area contributed by atoms with Gasteiger partial charge in [0.2, 0.25) is 5.82 Å². The Balaban J connectivity index is 1.70. The van der Waals surface area contributed by atoms with Crippen LogP contribution in [0.2, 0.25) is 0 Å². The smallest absolute Gasteiger partial charge is 0.307 e. The predicted octanol–water partition coefficient (Wildman–Crippen LogP) is 4.78. The second kappa shape index (κ2) is 7.98. The largest absolute Gasteiger partial charge is 0.497 e. The van der Waals surface area contributed by atoms with Gasteiger partial charge in [0.25, 0.3) is 0 Å². The average molecular weight is 426 g/mol. The van der Waals surface area contributed by atoms with E-state index in [-0.39, 0.29) is 5.75 Å². The molecule has 31 heavy (non-hydrogen) atoms. The number of rotatable bonds is 6. The first-order chi connectivity index (χ1) is 14.9. The SMILES string of the molecule is COc1ccc(Cn2nc(C)c3c(Oc4cc(F)c([N+](=O)[O-])cc4F)ccnc32)cc1. The lowest BCUT2D eigenvalue weighted by atomic mass is 10.2. The van der Waals surface area contributed by atoms with Crippen molar-refractivity contribution in [3.05, 3.63) is 81.7 Å². The van der Waals surface area contributed by atoms with E-state index in [1.807, 2.05) is 24.3 Å². The maximum Gasteiger partial charge on any atom is 0.307 e. The summed E-state index contributed by atoms with van der Waals surface area (Å²) in [6, 6.07) is 10.1. The predicted molar refractivity (Wildman–Crippen MR) is 107 cm³/mol. The summed E-state index contributed by atoms with van der Waals surface area (Å²) in [6.07, 6.45) is 1.46. The molecule has 0 spiro atoms. The molecule has 2 aromatic carbocycles. The fraction of sp³-hybridized carbons (Fsp3) is 0.143. The number of methoxy groups -OCH3 is 1. The number of aromatic nitrogens is 3. The van der Waals surface area contributed by atoms with E-state index in [1.165, 1.54) is 12.3 Å². The van der Waals surface area contributed by atoms with Gasteiger partial charge in [0.05, 0.1) is 35.7 Å².